The highest BCUT2D eigenvalue weighted by molar-refractivity contribution is 7.92. The van der Waals surface area contributed by atoms with Crippen LogP contribution in [0.5, 0.6) is 0 Å². The molecule has 1 N–H and O–H groups in total. The molecule has 1 aliphatic heterocycles. The highest BCUT2D eigenvalue weighted by atomic mass is 32.2. The molecule has 1 fully saturated rings. The second-order valence-corrected chi connectivity index (χ2v) is 7.20. The van der Waals surface area contributed by atoms with Crippen molar-refractivity contribution in [2.75, 3.05) is 5.75 Å². The molecule has 2 atom stereocenters. The van der Waals surface area contributed by atoms with Gasteiger partial charge in [0.05, 0.1) is 17.1 Å². The van der Waals surface area contributed by atoms with Crippen molar-refractivity contribution in [3.8, 4) is 0 Å². The fraction of sp³-hybridized carbons (Fsp3) is 1.00. The van der Waals surface area contributed by atoms with Crippen LogP contribution in [0.2, 0.25) is 0 Å². The molecule has 1 aliphatic rings. The van der Waals surface area contributed by atoms with Crippen LogP contribution in [-0.4, -0.2) is 30.6 Å². The van der Waals surface area contributed by atoms with E-state index in [1.165, 1.54) is 0 Å². The van der Waals surface area contributed by atoms with Crippen molar-refractivity contribution in [2.45, 2.75) is 45.0 Å². The van der Waals surface area contributed by atoms with Gasteiger partial charge in [0, 0.05) is 0 Å². The average molecular weight is 206 g/mol. The predicted molar refractivity (Wildman–Crippen MR) is 52.3 cm³/mol. The van der Waals surface area contributed by atoms with Crippen molar-refractivity contribution in [2.24, 2.45) is 5.41 Å². The van der Waals surface area contributed by atoms with Gasteiger partial charge in [-0.25, -0.2) is 8.42 Å². The molecule has 2 unspecified atom stereocenters. The van der Waals surface area contributed by atoms with Gasteiger partial charge in [0.15, 0.2) is 9.84 Å². The first-order valence-electron chi connectivity index (χ1n) is 4.65. The summed E-state index contributed by atoms with van der Waals surface area (Å²) in [5, 5.41) is 9.31. The number of sulfone groups is 1. The summed E-state index contributed by atoms with van der Waals surface area (Å²) in [6.07, 6.45) is 0.570. The number of aliphatic hydroxyl groups is 1. The van der Waals surface area contributed by atoms with Crippen molar-refractivity contribution in [1.29, 1.82) is 0 Å². The number of hydrogen-bond donors (Lipinski definition) is 1. The zero-order valence-electron chi connectivity index (χ0n) is 8.45. The second kappa shape index (κ2) is 3.24. The number of hydrogen-bond acceptors (Lipinski definition) is 3. The largest absolute Gasteiger partial charge is 0.391 e. The van der Waals surface area contributed by atoms with Crippen molar-refractivity contribution in [3.63, 3.8) is 0 Å². The maximum Gasteiger partial charge on any atom is 0.155 e. The lowest BCUT2D eigenvalue weighted by molar-refractivity contribution is 0.0587. The molecule has 78 valence electrons. The van der Waals surface area contributed by atoms with Gasteiger partial charge in [-0.15, -0.1) is 0 Å². The molecule has 1 heterocycles. The highest BCUT2D eigenvalue weighted by Gasteiger charge is 2.41. The SMILES string of the molecule is CC(C)(C)C(O)C1CCCS1(=O)=O. The van der Waals surface area contributed by atoms with Crippen LogP contribution in [0.25, 0.3) is 0 Å². The summed E-state index contributed by atoms with van der Waals surface area (Å²) >= 11 is 0. The Bertz CT molecular complexity index is 274. The van der Waals surface area contributed by atoms with Gasteiger partial charge in [-0.3, -0.25) is 0 Å². The van der Waals surface area contributed by atoms with E-state index in [1.807, 2.05) is 20.8 Å². The van der Waals surface area contributed by atoms with Crippen LogP contribution in [0.4, 0.5) is 0 Å². The second-order valence-electron chi connectivity index (χ2n) is 4.86. The summed E-state index contributed by atoms with van der Waals surface area (Å²) in [6, 6.07) is 0. The van der Waals surface area contributed by atoms with Crippen LogP contribution in [0.15, 0.2) is 0 Å². The van der Waals surface area contributed by atoms with E-state index in [1.54, 1.807) is 0 Å². The lowest BCUT2D eigenvalue weighted by Gasteiger charge is -2.29. The minimum Gasteiger partial charge on any atom is -0.391 e. The van der Waals surface area contributed by atoms with E-state index in [0.29, 0.717) is 12.8 Å². The normalized spacial score (nSPS) is 30.3. The van der Waals surface area contributed by atoms with Crippen LogP contribution in [0, 0.1) is 5.41 Å². The van der Waals surface area contributed by atoms with Crippen molar-refractivity contribution in [3.05, 3.63) is 0 Å². The Labute approximate surface area is 80.1 Å². The molecular formula is C9H18O3S. The Morgan fingerprint density at radius 3 is 2.23 bits per heavy atom. The predicted octanol–water partition coefficient (Wildman–Crippen LogP) is 0.971. The smallest absolute Gasteiger partial charge is 0.155 e. The van der Waals surface area contributed by atoms with E-state index in [0.717, 1.165) is 0 Å². The Hall–Kier alpha value is -0.0900. The highest BCUT2D eigenvalue weighted by Crippen LogP contribution is 2.31. The summed E-state index contributed by atoms with van der Waals surface area (Å²) < 4.78 is 23.0. The molecular weight excluding hydrogens is 188 g/mol. The Balaban J connectivity index is 2.85. The molecule has 0 amide bonds. The molecule has 13 heavy (non-hydrogen) atoms. The minimum atomic E-state index is -3.02. The van der Waals surface area contributed by atoms with Gasteiger partial charge < -0.3 is 5.11 Å². The third-order valence-electron chi connectivity index (χ3n) is 2.62. The molecule has 3 nitrogen and oxygen atoms in total. The van der Waals surface area contributed by atoms with Gasteiger partial charge in [0.1, 0.15) is 0 Å². The van der Waals surface area contributed by atoms with Crippen LogP contribution in [-0.2, 0) is 9.84 Å². The third kappa shape index (κ3) is 2.23. The van der Waals surface area contributed by atoms with Crippen LogP contribution >= 0.6 is 0 Å². The molecule has 0 spiro atoms. The van der Waals surface area contributed by atoms with Gasteiger partial charge in [-0.05, 0) is 18.3 Å². The fourth-order valence-corrected chi connectivity index (χ4v) is 3.93. The molecule has 0 aromatic rings. The van der Waals surface area contributed by atoms with E-state index < -0.39 is 21.2 Å². The third-order valence-corrected chi connectivity index (χ3v) is 4.89. The molecule has 0 radical (unpaired) electrons. The fourth-order valence-electron chi connectivity index (χ4n) is 1.73. The van der Waals surface area contributed by atoms with Gasteiger partial charge >= 0.3 is 0 Å². The first kappa shape index (κ1) is 11.0. The summed E-state index contributed by atoms with van der Waals surface area (Å²) in [5.74, 6) is 0.241. The zero-order chi connectivity index (χ0) is 10.3. The summed E-state index contributed by atoms with van der Waals surface area (Å²) in [4.78, 5) is 0. The molecule has 1 saturated heterocycles. The average Bonchev–Trinajstić information content (AvgIpc) is 2.26. The van der Waals surface area contributed by atoms with Gasteiger partial charge in [-0.2, -0.15) is 0 Å². The van der Waals surface area contributed by atoms with Crippen molar-refractivity contribution >= 4 is 9.84 Å². The minimum absolute atomic E-state index is 0.241. The van der Waals surface area contributed by atoms with E-state index in [2.05, 4.69) is 0 Å². The van der Waals surface area contributed by atoms with Gasteiger partial charge in [-0.1, -0.05) is 20.8 Å². The molecule has 0 saturated carbocycles. The summed E-state index contributed by atoms with van der Waals surface area (Å²) in [7, 11) is -3.02. The first-order chi connectivity index (χ1) is 5.75. The van der Waals surface area contributed by atoms with Crippen LogP contribution in [0.3, 0.4) is 0 Å². The van der Waals surface area contributed by atoms with E-state index in [-0.39, 0.29) is 11.2 Å². The van der Waals surface area contributed by atoms with E-state index in [4.69, 9.17) is 0 Å². The van der Waals surface area contributed by atoms with E-state index >= 15 is 0 Å². The molecule has 1 rings (SSSR count). The van der Waals surface area contributed by atoms with E-state index in [9.17, 15) is 13.5 Å². The Morgan fingerprint density at radius 2 is 1.92 bits per heavy atom. The number of rotatable bonds is 1. The molecule has 0 bridgehead atoms. The molecule has 0 aliphatic carbocycles. The molecule has 0 aromatic heterocycles. The van der Waals surface area contributed by atoms with Crippen molar-refractivity contribution < 1.29 is 13.5 Å². The van der Waals surface area contributed by atoms with Crippen LogP contribution in [0.1, 0.15) is 33.6 Å². The topological polar surface area (TPSA) is 54.4 Å². The monoisotopic (exact) mass is 206 g/mol. The number of aliphatic hydroxyl groups excluding tert-OH is 1. The zero-order valence-corrected chi connectivity index (χ0v) is 9.26. The standard InChI is InChI=1S/C9H18O3S/c1-9(2,3)8(10)7-5-4-6-13(7,11)12/h7-8,10H,4-6H2,1-3H3. The quantitative estimate of drug-likeness (QED) is 0.695. The first-order valence-corrected chi connectivity index (χ1v) is 6.36. The maximum absolute atomic E-state index is 11.5. The van der Waals surface area contributed by atoms with Gasteiger partial charge in [0.25, 0.3) is 0 Å². The summed E-state index contributed by atoms with van der Waals surface area (Å²) in [5.41, 5.74) is -0.345. The van der Waals surface area contributed by atoms with Crippen LogP contribution < -0.4 is 0 Å². The molecule has 0 aromatic carbocycles. The lowest BCUT2D eigenvalue weighted by atomic mass is 9.86. The summed E-state index contributed by atoms with van der Waals surface area (Å²) in [6.45, 7) is 5.60. The Kier molecular flexibility index (Phi) is 2.74. The Morgan fingerprint density at radius 1 is 1.38 bits per heavy atom. The lowest BCUT2D eigenvalue weighted by Crippen LogP contribution is -2.40. The molecule has 4 heteroatoms. The maximum atomic E-state index is 11.5. The van der Waals surface area contributed by atoms with Gasteiger partial charge in [0.2, 0.25) is 0 Å². The van der Waals surface area contributed by atoms with Crippen molar-refractivity contribution in [1.82, 2.24) is 0 Å².